The van der Waals surface area contributed by atoms with Gasteiger partial charge in [-0.2, -0.15) is 0 Å². The fraction of sp³-hybridized carbons (Fsp3) is 0.286. The number of carbonyl (C=O) groups is 3. The molecule has 0 saturated heterocycles. The lowest BCUT2D eigenvalue weighted by atomic mass is 10.0. The van der Waals surface area contributed by atoms with Crippen molar-refractivity contribution in [3.05, 3.63) is 75.6 Å². The number of ether oxygens (including phenoxy) is 1. The van der Waals surface area contributed by atoms with Gasteiger partial charge in [0.15, 0.2) is 0 Å². The maximum atomic E-state index is 13.5. The van der Waals surface area contributed by atoms with Gasteiger partial charge in [0.2, 0.25) is 11.8 Å². The second kappa shape index (κ2) is 10.8. The number of nitro groups is 1. The summed E-state index contributed by atoms with van der Waals surface area (Å²) in [5.74, 6) is -2.51. The summed E-state index contributed by atoms with van der Waals surface area (Å²) < 4.78 is 18.2. The lowest BCUT2D eigenvalue weighted by Crippen LogP contribution is -2.53. The molecule has 0 fully saturated rings. The number of rotatable bonds is 9. The van der Waals surface area contributed by atoms with Gasteiger partial charge in [0.1, 0.15) is 17.9 Å². The number of carbonyl (C=O) groups excluding carboxylic acids is 3. The first-order valence-electron chi connectivity index (χ1n) is 9.33. The van der Waals surface area contributed by atoms with Crippen LogP contribution in [0.1, 0.15) is 18.1 Å². The van der Waals surface area contributed by atoms with Crippen LogP contribution in [-0.4, -0.2) is 41.9 Å². The van der Waals surface area contributed by atoms with Crippen LogP contribution in [0.2, 0.25) is 0 Å². The number of methoxy groups -OCH3 is 1. The van der Waals surface area contributed by atoms with Gasteiger partial charge in [0.05, 0.1) is 12.0 Å². The molecule has 2 aromatic rings. The van der Waals surface area contributed by atoms with Gasteiger partial charge >= 0.3 is 5.97 Å². The molecule has 0 radical (unpaired) electrons. The van der Waals surface area contributed by atoms with Crippen LogP contribution in [0.3, 0.4) is 0 Å². The van der Waals surface area contributed by atoms with E-state index in [1.165, 1.54) is 43.3 Å². The predicted octanol–water partition coefficient (Wildman–Crippen LogP) is 1.68. The summed E-state index contributed by atoms with van der Waals surface area (Å²) in [7, 11) is 1.12. The highest BCUT2D eigenvalue weighted by atomic mass is 19.1. The number of hydrogen-bond acceptors (Lipinski definition) is 6. The fourth-order valence-electron chi connectivity index (χ4n) is 3.04. The number of amides is 2. The third kappa shape index (κ3) is 6.88. The van der Waals surface area contributed by atoms with E-state index in [1.54, 1.807) is 12.1 Å². The number of hydrogen-bond donors (Lipinski definition) is 2. The Morgan fingerprint density at radius 3 is 2.39 bits per heavy atom. The van der Waals surface area contributed by atoms with E-state index in [2.05, 4.69) is 10.6 Å². The van der Waals surface area contributed by atoms with Crippen molar-refractivity contribution in [2.75, 3.05) is 7.11 Å². The van der Waals surface area contributed by atoms with Crippen LogP contribution in [0.4, 0.5) is 10.1 Å². The zero-order valence-corrected chi connectivity index (χ0v) is 17.0. The zero-order chi connectivity index (χ0) is 23.0. The van der Waals surface area contributed by atoms with Crippen molar-refractivity contribution in [2.24, 2.45) is 0 Å². The first kappa shape index (κ1) is 23.5. The number of benzene rings is 2. The SMILES string of the molecule is COC(=O)[C@H](Cc1ccccc1[N+](=O)[O-])NC(=O)[C@@H](Cc1cccc(F)c1)NC(C)=O. The fourth-order valence-corrected chi connectivity index (χ4v) is 3.04. The van der Waals surface area contributed by atoms with Crippen molar-refractivity contribution >= 4 is 23.5 Å². The third-order valence-corrected chi connectivity index (χ3v) is 4.44. The average molecular weight is 431 g/mol. The van der Waals surface area contributed by atoms with E-state index in [4.69, 9.17) is 4.74 Å². The normalized spacial score (nSPS) is 12.4. The third-order valence-electron chi connectivity index (χ3n) is 4.44. The van der Waals surface area contributed by atoms with Gasteiger partial charge in [-0.05, 0) is 17.7 Å². The molecule has 10 heteroatoms. The monoisotopic (exact) mass is 431 g/mol. The molecule has 0 aromatic heterocycles. The minimum atomic E-state index is -1.23. The van der Waals surface area contributed by atoms with Gasteiger partial charge in [-0.1, -0.05) is 30.3 Å². The Hall–Kier alpha value is -3.82. The number of nitrogens with zero attached hydrogens (tertiary/aromatic N) is 1. The van der Waals surface area contributed by atoms with Crippen molar-refractivity contribution < 1.29 is 28.4 Å². The Morgan fingerprint density at radius 1 is 1.06 bits per heavy atom. The molecule has 0 heterocycles. The smallest absolute Gasteiger partial charge is 0.328 e. The highest BCUT2D eigenvalue weighted by molar-refractivity contribution is 5.90. The minimum Gasteiger partial charge on any atom is -0.467 e. The molecule has 2 amide bonds. The molecule has 164 valence electrons. The van der Waals surface area contributed by atoms with Crippen LogP contribution in [0.25, 0.3) is 0 Å². The standard InChI is InChI=1S/C21H22FN3O6/c1-13(26)23-17(11-14-6-5-8-16(22)10-14)20(27)24-18(21(28)31-2)12-15-7-3-4-9-19(15)25(29)30/h3-10,17-18H,11-12H2,1-2H3,(H,23,26)(H,24,27)/t17-,18+/m1/s1. The van der Waals surface area contributed by atoms with Crippen molar-refractivity contribution in [2.45, 2.75) is 31.8 Å². The molecule has 2 atom stereocenters. The maximum absolute atomic E-state index is 13.5. The Balaban J connectivity index is 2.24. The molecule has 2 N–H and O–H groups in total. The average Bonchev–Trinajstić information content (AvgIpc) is 2.72. The topological polar surface area (TPSA) is 128 Å². The first-order chi connectivity index (χ1) is 14.7. The lowest BCUT2D eigenvalue weighted by Gasteiger charge is -2.22. The van der Waals surface area contributed by atoms with Crippen LogP contribution >= 0.6 is 0 Å². The molecule has 0 aliphatic carbocycles. The summed E-state index contributed by atoms with van der Waals surface area (Å²) in [6.07, 6.45) is -0.217. The molecule has 2 aromatic carbocycles. The number of nitro benzene ring substituents is 1. The predicted molar refractivity (Wildman–Crippen MR) is 108 cm³/mol. The quantitative estimate of drug-likeness (QED) is 0.353. The number of halogens is 1. The highest BCUT2D eigenvalue weighted by Gasteiger charge is 2.29. The van der Waals surface area contributed by atoms with Crippen LogP contribution < -0.4 is 10.6 Å². The first-order valence-corrected chi connectivity index (χ1v) is 9.33. The summed E-state index contributed by atoms with van der Waals surface area (Å²) in [6.45, 7) is 1.22. The molecular weight excluding hydrogens is 409 g/mol. The van der Waals surface area contributed by atoms with E-state index in [-0.39, 0.29) is 24.1 Å². The van der Waals surface area contributed by atoms with Crippen molar-refractivity contribution in [1.29, 1.82) is 0 Å². The van der Waals surface area contributed by atoms with Gasteiger partial charge in [0.25, 0.3) is 5.69 Å². The Bertz CT molecular complexity index is 981. The molecule has 2 rings (SSSR count). The largest absolute Gasteiger partial charge is 0.467 e. The highest BCUT2D eigenvalue weighted by Crippen LogP contribution is 2.19. The van der Waals surface area contributed by atoms with Crippen molar-refractivity contribution in [1.82, 2.24) is 10.6 Å². The molecular formula is C21H22FN3O6. The molecule has 0 bridgehead atoms. The molecule has 31 heavy (non-hydrogen) atoms. The van der Waals surface area contributed by atoms with E-state index in [9.17, 15) is 28.9 Å². The van der Waals surface area contributed by atoms with E-state index >= 15 is 0 Å². The maximum Gasteiger partial charge on any atom is 0.328 e. The van der Waals surface area contributed by atoms with Gasteiger partial charge in [0, 0.05) is 31.4 Å². The van der Waals surface area contributed by atoms with Gasteiger partial charge in [-0.15, -0.1) is 0 Å². The summed E-state index contributed by atoms with van der Waals surface area (Å²) in [5.41, 5.74) is 0.482. The summed E-state index contributed by atoms with van der Waals surface area (Å²) in [5, 5.41) is 16.2. The summed E-state index contributed by atoms with van der Waals surface area (Å²) in [6, 6.07) is 9.02. The van der Waals surface area contributed by atoms with E-state index in [0.29, 0.717) is 5.56 Å². The van der Waals surface area contributed by atoms with Gasteiger partial charge < -0.3 is 15.4 Å². The van der Waals surface area contributed by atoms with E-state index < -0.39 is 40.6 Å². The second-order valence-electron chi connectivity index (χ2n) is 6.76. The summed E-state index contributed by atoms with van der Waals surface area (Å²) >= 11 is 0. The Kier molecular flexibility index (Phi) is 8.18. The van der Waals surface area contributed by atoms with Gasteiger partial charge in [-0.3, -0.25) is 19.7 Å². The molecule has 9 nitrogen and oxygen atoms in total. The molecule has 0 aliphatic heterocycles. The van der Waals surface area contributed by atoms with E-state index in [0.717, 1.165) is 7.11 Å². The Morgan fingerprint density at radius 2 is 1.77 bits per heavy atom. The zero-order valence-electron chi connectivity index (χ0n) is 17.0. The van der Waals surface area contributed by atoms with Gasteiger partial charge in [-0.25, -0.2) is 9.18 Å². The lowest BCUT2D eigenvalue weighted by molar-refractivity contribution is -0.385. The number of esters is 1. The van der Waals surface area contributed by atoms with Crippen LogP contribution in [0.5, 0.6) is 0 Å². The van der Waals surface area contributed by atoms with Crippen LogP contribution in [-0.2, 0) is 32.0 Å². The number of nitrogens with one attached hydrogen (secondary N) is 2. The van der Waals surface area contributed by atoms with Crippen molar-refractivity contribution in [3.8, 4) is 0 Å². The van der Waals surface area contributed by atoms with Crippen LogP contribution in [0, 0.1) is 15.9 Å². The second-order valence-corrected chi connectivity index (χ2v) is 6.76. The Labute approximate surface area is 177 Å². The minimum absolute atomic E-state index is 0.0252. The van der Waals surface area contributed by atoms with Crippen LogP contribution in [0.15, 0.2) is 48.5 Å². The molecule has 0 spiro atoms. The van der Waals surface area contributed by atoms with E-state index in [1.807, 2.05) is 0 Å². The van der Waals surface area contributed by atoms with Crippen molar-refractivity contribution in [3.63, 3.8) is 0 Å². The molecule has 0 unspecified atom stereocenters. The molecule has 0 aliphatic rings. The number of para-hydroxylation sites is 1. The molecule has 0 saturated carbocycles. The summed E-state index contributed by atoms with van der Waals surface area (Å²) in [4.78, 5) is 47.3.